The predicted octanol–water partition coefficient (Wildman–Crippen LogP) is 3.24. The number of phosphoric acid groups is 1. The second-order valence-corrected chi connectivity index (χ2v) is 4.58. The first-order valence-electron chi connectivity index (χ1n) is 4.98. The third-order valence-electron chi connectivity index (χ3n) is 1.93. The van der Waals surface area contributed by atoms with E-state index >= 15 is 0 Å². The Balaban J connectivity index is 0.00000162. The Labute approximate surface area is 115 Å². The van der Waals surface area contributed by atoms with Gasteiger partial charge in [0.25, 0.3) is 0 Å². The predicted molar refractivity (Wildman–Crippen MR) is 64.0 cm³/mol. The Kier molecular flexibility index (Phi) is 5.43. The Bertz CT molecular complexity index is 473. The van der Waals surface area contributed by atoms with Crippen LogP contribution in [-0.4, -0.2) is 4.89 Å². The first-order chi connectivity index (χ1) is 8.16. The minimum atomic E-state index is -4.14. The van der Waals surface area contributed by atoms with E-state index in [1.807, 2.05) is 0 Å². The Morgan fingerprint density at radius 3 is 1.44 bits per heavy atom. The quantitative estimate of drug-likeness (QED) is 0.881. The van der Waals surface area contributed by atoms with Crippen LogP contribution in [0.3, 0.4) is 0 Å². The molecule has 0 heterocycles. The van der Waals surface area contributed by atoms with Crippen LogP contribution in [0.15, 0.2) is 60.7 Å². The van der Waals surface area contributed by atoms with Gasteiger partial charge in [-0.1, -0.05) is 36.4 Å². The normalized spacial score (nSPS) is 10.3. The molecule has 0 aliphatic rings. The summed E-state index contributed by atoms with van der Waals surface area (Å²) in [5, 5.41) is 0. The van der Waals surface area contributed by atoms with E-state index in [2.05, 4.69) is 0 Å². The zero-order valence-corrected chi connectivity index (χ0v) is 11.2. The van der Waals surface area contributed by atoms with Gasteiger partial charge in [-0.05, 0) is 24.3 Å². The number of para-hydroxylation sites is 2. The van der Waals surface area contributed by atoms with Gasteiger partial charge in [0, 0.05) is 16.8 Å². The molecule has 0 saturated carbocycles. The van der Waals surface area contributed by atoms with E-state index in [0.29, 0.717) is 0 Å². The summed E-state index contributed by atoms with van der Waals surface area (Å²) in [6, 6.07) is 16.7. The smallest absolute Gasteiger partial charge is 0.395 e. The maximum Gasteiger partial charge on any atom is 0.584 e. The SMILES string of the molecule is O=P(O)(Oc1ccccc1)Oc1ccccc1.[Co]. The number of rotatable bonds is 4. The second-order valence-electron chi connectivity index (χ2n) is 3.28. The van der Waals surface area contributed by atoms with Crippen molar-refractivity contribution >= 4 is 7.82 Å². The maximum atomic E-state index is 11.7. The van der Waals surface area contributed by atoms with Crippen molar-refractivity contribution in [2.24, 2.45) is 0 Å². The van der Waals surface area contributed by atoms with Gasteiger partial charge in [-0.3, -0.25) is 4.89 Å². The monoisotopic (exact) mass is 309 g/mol. The van der Waals surface area contributed by atoms with Crippen LogP contribution in [0, 0.1) is 0 Å². The topological polar surface area (TPSA) is 55.8 Å². The largest absolute Gasteiger partial charge is 0.584 e. The van der Waals surface area contributed by atoms with E-state index in [4.69, 9.17) is 9.05 Å². The van der Waals surface area contributed by atoms with Gasteiger partial charge in [-0.2, -0.15) is 0 Å². The van der Waals surface area contributed by atoms with Crippen molar-refractivity contribution in [3.05, 3.63) is 60.7 Å². The zero-order chi connectivity index (χ0) is 12.1. The van der Waals surface area contributed by atoms with E-state index in [0.717, 1.165) is 0 Å². The van der Waals surface area contributed by atoms with Crippen molar-refractivity contribution in [3.8, 4) is 11.5 Å². The molecule has 2 rings (SSSR count). The van der Waals surface area contributed by atoms with Crippen LogP contribution < -0.4 is 9.05 Å². The molecule has 0 fully saturated rings. The minimum absolute atomic E-state index is 0. The average molecular weight is 309 g/mol. The van der Waals surface area contributed by atoms with Crippen LogP contribution in [0.1, 0.15) is 0 Å². The zero-order valence-electron chi connectivity index (χ0n) is 9.23. The van der Waals surface area contributed by atoms with E-state index in [1.54, 1.807) is 60.7 Å². The Morgan fingerprint density at radius 1 is 0.778 bits per heavy atom. The van der Waals surface area contributed by atoms with E-state index in [-0.39, 0.29) is 28.3 Å². The van der Waals surface area contributed by atoms with Crippen molar-refractivity contribution in [1.29, 1.82) is 0 Å². The molecule has 0 aliphatic heterocycles. The molecule has 0 bridgehead atoms. The van der Waals surface area contributed by atoms with Crippen molar-refractivity contribution < 1.29 is 35.3 Å². The molecule has 0 aromatic heterocycles. The molecule has 0 spiro atoms. The molecule has 1 radical (unpaired) electrons. The van der Waals surface area contributed by atoms with Crippen molar-refractivity contribution in [2.75, 3.05) is 0 Å². The molecule has 18 heavy (non-hydrogen) atoms. The maximum absolute atomic E-state index is 11.7. The molecule has 0 amide bonds. The van der Waals surface area contributed by atoms with Gasteiger partial charge in [-0.25, -0.2) is 4.57 Å². The van der Waals surface area contributed by atoms with E-state index in [1.165, 1.54) is 0 Å². The molecule has 0 unspecified atom stereocenters. The molecule has 2 aromatic rings. The van der Waals surface area contributed by atoms with Crippen molar-refractivity contribution in [3.63, 3.8) is 0 Å². The number of hydrogen-bond acceptors (Lipinski definition) is 3. The summed E-state index contributed by atoms with van der Waals surface area (Å²) >= 11 is 0. The minimum Gasteiger partial charge on any atom is -0.395 e. The first-order valence-corrected chi connectivity index (χ1v) is 6.47. The van der Waals surface area contributed by atoms with Gasteiger partial charge in [0.05, 0.1) is 0 Å². The van der Waals surface area contributed by atoms with Gasteiger partial charge < -0.3 is 9.05 Å². The Morgan fingerprint density at radius 2 is 1.11 bits per heavy atom. The van der Waals surface area contributed by atoms with Crippen molar-refractivity contribution in [1.82, 2.24) is 0 Å². The first kappa shape index (κ1) is 14.8. The molecular formula is C12H11CoO4P. The van der Waals surface area contributed by atoms with Gasteiger partial charge in [0.2, 0.25) is 0 Å². The Hall–Kier alpha value is -1.26. The average Bonchev–Trinajstić information content (AvgIpc) is 2.30. The van der Waals surface area contributed by atoms with Gasteiger partial charge in [0.15, 0.2) is 0 Å². The van der Waals surface area contributed by atoms with E-state index < -0.39 is 7.82 Å². The van der Waals surface area contributed by atoms with Gasteiger partial charge in [-0.15, -0.1) is 0 Å². The van der Waals surface area contributed by atoms with Crippen LogP contribution >= 0.6 is 7.82 Å². The molecule has 0 atom stereocenters. The molecule has 97 valence electrons. The summed E-state index contributed by atoms with van der Waals surface area (Å²) < 4.78 is 21.5. The molecule has 4 nitrogen and oxygen atoms in total. The fourth-order valence-electron chi connectivity index (χ4n) is 1.25. The molecule has 6 heteroatoms. The number of benzene rings is 2. The second kappa shape index (κ2) is 6.61. The summed E-state index contributed by atoms with van der Waals surface area (Å²) in [6.45, 7) is 0. The van der Waals surface area contributed by atoms with Gasteiger partial charge >= 0.3 is 7.82 Å². The molecular weight excluding hydrogens is 298 g/mol. The van der Waals surface area contributed by atoms with E-state index in [9.17, 15) is 9.46 Å². The van der Waals surface area contributed by atoms with Crippen LogP contribution in [0.5, 0.6) is 11.5 Å². The number of hydrogen-bond donors (Lipinski definition) is 1. The molecule has 0 aliphatic carbocycles. The fraction of sp³-hybridized carbons (Fsp3) is 0. The molecule has 1 N–H and O–H groups in total. The summed E-state index contributed by atoms with van der Waals surface area (Å²) in [4.78, 5) is 9.53. The third-order valence-corrected chi connectivity index (χ3v) is 2.81. The van der Waals surface area contributed by atoms with Crippen molar-refractivity contribution in [2.45, 2.75) is 0 Å². The third kappa shape index (κ3) is 4.54. The molecule has 2 aromatic carbocycles. The molecule has 0 saturated heterocycles. The number of phosphoric ester groups is 1. The summed E-state index contributed by atoms with van der Waals surface area (Å²) in [5.74, 6) is 0.573. The standard InChI is InChI=1S/C12H11O4P.Co/c13-17(14,15-11-7-3-1-4-8-11)16-12-9-5-2-6-10-12;/h1-10H,(H,13,14);. The van der Waals surface area contributed by atoms with Gasteiger partial charge in [0.1, 0.15) is 11.5 Å². The van der Waals surface area contributed by atoms with Crippen LogP contribution in [-0.2, 0) is 21.3 Å². The van der Waals surface area contributed by atoms with Crippen LogP contribution in [0.2, 0.25) is 0 Å². The van der Waals surface area contributed by atoms with Crippen LogP contribution in [0.25, 0.3) is 0 Å². The van der Waals surface area contributed by atoms with Crippen LogP contribution in [0.4, 0.5) is 0 Å². The summed E-state index contributed by atoms with van der Waals surface area (Å²) in [7, 11) is -4.14. The summed E-state index contributed by atoms with van der Waals surface area (Å²) in [6.07, 6.45) is 0. The fourth-order valence-corrected chi connectivity index (χ4v) is 2.06. The summed E-state index contributed by atoms with van der Waals surface area (Å²) in [5.41, 5.74) is 0.